The SMILES string of the molecule is C=C=C(C)CC(CCC1OC(CCC(O)/C=C/[C@H](O[Si](C)(C)C(C)(C)C)[C@@H]2O[C@@H](CC/C=C\C(O)C([C@H]3[C@H](CC(OC)OC)OC(C[C@H](COC(=O)c4ccccc4)OC(=O)c4ccccc4)[C@@H]3OC)S(=O)(=O)c3ccccc3)[C@H](O[Si](C)(C)C(C)(C)C)[C@H](O)C2O[Si](C)(C)C(C)(C)C)CC1=C)O[Si](CC)(CC)CC. The maximum atomic E-state index is 15.7. The van der Waals surface area contributed by atoms with Crippen LogP contribution in [-0.4, -0.2) is 200 Å². The number of benzene rings is 3. The normalized spacial score (nSPS) is 24.5. The Morgan fingerprint density at radius 2 is 1.19 bits per heavy atom. The number of aliphatic hydroxyl groups excluding tert-OH is 3. The third kappa shape index (κ3) is 25.6. The Balaban J connectivity index is 1.38. The van der Waals surface area contributed by atoms with Gasteiger partial charge in [-0.1, -0.05) is 175 Å². The third-order valence-electron chi connectivity index (χ3n) is 24.3. The lowest BCUT2D eigenvalue weighted by Gasteiger charge is -2.53. The minimum Gasteiger partial charge on any atom is -0.458 e. The maximum absolute atomic E-state index is 15.7. The van der Waals surface area contributed by atoms with Gasteiger partial charge in [-0.05, 0) is 172 Å². The second-order valence-corrected chi connectivity index (χ2v) is 56.2. The number of esters is 2. The predicted molar refractivity (Wildman–Crippen MR) is 446 cm³/mol. The van der Waals surface area contributed by atoms with Crippen LogP contribution in [0.25, 0.3) is 0 Å². The molecule has 24 heteroatoms. The fraction of sp³-hybridized carbons (Fsp3) is 0.663. The standard InChI is InChI=1S/C86H138O19SSi4/c1-25-59(5)54-65(102-110(26-2,27-3)28-4)51-53-69-60(6)55-64(98-69)50-48-63(87)49-52-71(103-107(19,20)84(7,8)9)79-80(105-109(23,24)86(13,14)15)76(89)78(104-108(21,22)85(10,11)12)70(101-79)47-39-38-46-68(88)81(106(92,93)67-44-36-31-37-45-67)75-72(57-74(94-16)95-17)100-73(77(75)96-18)56-66(99-83(91)62-42-34-30-35-43-62)58-97-82(90)61-40-32-29-33-41-61/h29-38,40-46,49,52,63-66,68-81,87-89H,1,6,26-28,39,47-48,50-51,53-58H2,2-5,7-24H3/b46-38-,52-49+/t63?,64?,65?,66-,68?,69?,70+,71+,72+,73?,75+,76+,77+,78+,79+,80?,81?/m1/s1. The number of carbonyl (C=O) groups is 2. The molecule has 3 aromatic rings. The summed E-state index contributed by atoms with van der Waals surface area (Å²) in [6.45, 7) is 49.2. The van der Waals surface area contributed by atoms with Gasteiger partial charge in [-0.3, -0.25) is 0 Å². The highest BCUT2D eigenvalue weighted by atomic mass is 32.2. The van der Waals surface area contributed by atoms with Gasteiger partial charge in [0, 0.05) is 52.6 Å². The molecule has 3 aliphatic rings. The number of hydrogen-bond donors (Lipinski definition) is 3. The van der Waals surface area contributed by atoms with E-state index in [0.717, 1.165) is 48.5 Å². The molecule has 3 fully saturated rings. The molecule has 17 atom stereocenters. The summed E-state index contributed by atoms with van der Waals surface area (Å²) >= 11 is 0. The van der Waals surface area contributed by atoms with E-state index >= 15 is 8.42 Å². The summed E-state index contributed by atoms with van der Waals surface area (Å²) < 4.78 is 112. The van der Waals surface area contributed by atoms with E-state index in [0.29, 0.717) is 19.3 Å². The molecule has 3 heterocycles. The summed E-state index contributed by atoms with van der Waals surface area (Å²) in [5, 5.41) is 36.1. The van der Waals surface area contributed by atoms with Gasteiger partial charge in [-0.25, -0.2) is 18.0 Å². The number of carbonyl (C=O) groups excluding carboxylic acids is 2. The van der Waals surface area contributed by atoms with Crippen LogP contribution in [0.5, 0.6) is 0 Å². The first-order valence-corrected chi connectivity index (χ1v) is 52.7. The zero-order chi connectivity index (χ0) is 82.0. The molecule has 3 saturated heterocycles. The second-order valence-electron chi connectivity index (χ2n) is 35.1. The number of allylic oxidation sites excluding steroid dienone is 1. The van der Waals surface area contributed by atoms with E-state index in [1.165, 1.54) is 39.5 Å². The highest BCUT2D eigenvalue weighted by Crippen LogP contribution is 2.47. The first kappa shape index (κ1) is 94.5. The Labute approximate surface area is 665 Å². The average Bonchev–Trinajstić information content (AvgIpc) is 1.70. The second kappa shape index (κ2) is 41.5. The number of aliphatic hydroxyl groups is 3. The highest BCUT2D eigenvalue weighted by molar-refractivity contribution is 7.92. The Bertz CT molecular complexity index is 3550. The lowest BCUT2D eigenvalue weighted by Crippen LogP contribution is -2.67. The highest BCUT2D eigenvalue weighted by Gasteiger charge is 2.58. The van der Waals surface area contributed by atoms with Gasteiger partial charge in [0.2, 0.25) is 0 Å². The lowest BCUT2D eigenvalue weighted by atomic mass is 9.86. The van der Waals surface area contributed by atoms with E-state index in [1.54, 1.807) is 91.0 Å². The summed E-state index contributed by atoms with van der Waals surface area (Å²) in [7, 11) is -10.3. The monoisotopic (exact) mass is 1620 g/mol. The van der Waals surface area contributed by atoms with Crippen LogP contribution in [0.2, 0.25) is 72.5 Å². The van der Waals surface area contributed by atoms with Crippen LogP contribution < -0.4 is 0 Å². The molecule has 3 aromatic carbocycles. The molecule has 618 valence electrons. The van der Waals surface area contributed by atoms with Crippen LogP contribution in [0.15, 0.2) is 150 Å². The molecule has 0 amide bonds. The molecule has 0 aromatic heterocycles. The molecule has 3 aliphatic heterocycles. The van der Waals surface area contributed by atoms with Gasteiger partial charge in [-0.15, -0.1) is 5.73 Å². The van der Waals surface area contributed by atoms with E-state index in [2.05, 4.69) is 148 Å². The Morgan fingerprint density at radius 1 is 0.645 bits per heavy atom. The van der Waals surface area contributed by atoms with Crippen LogP contribution in [0.3, 0.4) is 0 Å². The fourth-order valence-corrected chi connectivity index (χ4v) is 23.0. The molecule has 0 bridgehead atoms. The van der Waals surface area contributed by atoms with Gasteiger partial charge in [0.1, 0.15) is 36.3 Å². The first-order chi connectivity index (χ1) is 51.5. The number of rotatable bonds is 42. The molecule has 0 saturated carbocycles. The van der Waals surface area contributed by atoms with Crippen molar-refractivity contribution in [2.75, 3.05) is 27.9 Å². The van der Waals surface area contributed by atoms with Crippen LogP contribution in [-0.2, 0) is 65.4 Å². The van der Waals surface area contributed by atoms with Crippen molar-refractivity contribution in [2.45, 2.75) is 335 Å². The Kier molecular flexibility index (Phi) is 35.6. The Hall–Kier alpha value is -4.36. The number of ether oxygens (including phenoxy) is 8. The molecule has 6 rings (SSSR count). The van der Waals surface area contributed by atoms with Crippen molar-refractivity contribution in [2.24, 2.45) is 5.92 Å². The third-order valence-corrected chi connectivity index (χ3v) is 44.7. The Morgan fingerprint density at radius 3 is 1.72 bits per heavy atom. The number of methoxy groups -OCH3 is 3. The smallest absolute Gasteiger partial charge is 0.338 e. The maximum Gasteiger partial charge on any atom is 0.338 e. The summed E-state index contributed by atoms with van der Waals surface area (Å²) in [5.74, 6) is -2.49. The van der Waals surface area contributed by atoms with Gasteiger partial charge >= 0.3 is 11.9 Å². The predicted octanol–water partition coefficient (Wildman–Crippen LogP) is 17.4. The van der Waals surface area contributed by atoms with Crippen molar-refractivity contribution in [1.82, 2.24) is 0 Å². The van der Waals surface area contributed by atoms with Gasteiger partial charge in [0.15, 0.2) is 49.4 Å². The molecule has 110 heavy (non-hydrogen) atoms. The van der Waals surface area contributed by atoms with Gasteiger partial charge in [-0.2, -0.15) is 0 Å². The number of hydrogen-bond acceptors (Lipinski definition) is 19. The van der Waals surface area contributed by atoms with Crippen LogP contribution in [0, 0.1) is 5.92 Å². The fourth-order valence-electron chi connectivity index (χ4n) is 14.2. The van der Waals surface area contributed by atoms with Crippen molar-refractivity contribution in [3.8, 4) is 0 Å². The van der Waals surface area contributed by atoms with Crippen LogP contribution in [0.1, 0.15) is 175 Å². The van der Waals surface area contributed by atoms with Crippen molar-refractivity contribution in [3.63, 3.8) is 0 Å². The van der Waals surface area contributed by atoms with E-state index in [4.69, 9.17) is 55.6 Å². The van der Waals surface area contributed by atoms with Gasteiger partial charge < -0.3 is 70.9 Å². The molecule has 0 spiro atoms. The van der Waals surface area contributed by atoms with Crippen LogP contribution in [0.4, 0.5) is 0 Å². The van der Waals surface area contributed by atoms with E-state index < -0.39 is 152 Å². The van der Waals surface area contributed by atoms with Crippen LogP contribution >= 0.6 is 0 Å². The van der Waals surface area contributed by atoms with Gasteiger partial charge in [0.25, 0.3) is 0 Å². The molecule has 8 unspecified atom stereocenters. The molecule has 3 N–H and O–H groups in total. The summed E-state index contributed by atoms with van der Waals surface area (Å²) in [6.07, 6.45) is -2.51. The summed E-state index contributed by atoms with van der Waals surface area (Å²) in [5.41, 5.74) is 5.76. The zero-order valence-corrected chi connectivity index (χ0v) is 75.3. The van der Waals surface area contributed by atoms with Crippen molar-refractivity contribution in [3.05, 3.63) is 156 Å². The molecular formula is C86H138O19SSi4. The molecular weight excluding hydrogens is 1480 g/mol. The van der Waals surface area contributed by atoms with E-state index in [1.807, 2.05) is 6.08 Å². The summed E-state index contributed by atoms with van der Waals surface area (Å²) in [4.78, 5) is 27.3. The molecule has 0 aliphatic carbocycles. The van der Waals surface area contributed by atoms with Crippen molar-refractivity contribution < 1.29 is 88.9 Å². The van der Waals surface area contributed by atoms with E-state index in [9.17, 15) is 24.9 Å². The average molecular weight is 1620 g/mol. The minimum absolute atomic E-state index is 0.0202. The van der Waals surface area contributed by atoms with Crippen molar-refractivity contribution >= 4 is 55.0 Å². The van der Waals surface area contributed by atoms with Gasteiger partial charge in [0.05, 0.1) is 77.1 Å². The molecule has 0 radical (unpaired) electrons. The lowest BCUT2D eigenvalue weighted by molar-refractivity contribution is -0.229. The zero-order valence-electron chi connectivity index (χ0n) is 70.5. The summed E-state index contributed by atoms with van der Waals surface area (Å²) in [6, 6.07) is 27.8. The molecule has 19 nitrogen and oxygen atoms in total. The quantitative estimate of drug-likeness (QED) is 0.0157. The van der Waals surface area contributed by atoms with E-state index in [-0.39, 0.29) is 75.1 Å². The minimum atomic E-state index is -4.52. The first-order valence-electron chi connectivity index (χ1n) is 39.9. The number of sulfone groups is 1. The largest absolute Gasteiger partial charge is 0.458 e. The van der Waals surface area contributed by atoms with Crippen molar-refractivity contribution in [1.29, 1.82) is 0 Å². The topological polar surface area (TPSA) is 240 Å².